The first kappa shape index (κ1) is 14.8. The van der Waals surface area contributed by atoms with Crippen molar-refractivity contribution in [2.45, 2.75) is 52.0 Å². The van der Waals surface area contributed by atoms with Gasteiger partial charge in [0.1, 0.15) is 5.82 Å². The molecule has 1 amide bonds. The lowest BCUT2D eigenvalue weighted by Crippen LogP contribution is -2.36. The van der Waals surface area contributed by atoms with Gasteiger partial charge in [0.25, 0.3) is 5.91 Å². The van der Waals surface area contributed by atoms with Crippen molar-refractivity contribution in [3.63, 3.8) is 0 Å². The maximum absolute atomic E-state index is 12.1. The first-order valence-electron chi connectivity index (χ1n) is 7.53. The zero-order valence-corrected chi connectivity index (χ0v) is 12.4. The minimum Gasteiger partial charge on any atom is -0.368 e. The van der Waals surface area contributed by atoms with Gasteiger partial charge in [-0.15, -0.1) is 10.2 Å². The average molecular weight is 276 g/mol. The molecule has 0 atom stereocenters. The van der Waals surface area contributed by atoms with Gasteiger partial charge >= 0.3 is 0 Å². The third-order valence-corrected chi connectivity index (χ3v) is 3.53. The van der Waals surface area contributed by atoms with Crippen molar-refractivity contribution in [1.82, 2.24) is 15.5 Å². The van der Waals surface area contributed by atoms with Crippen molar-refractivity contribution < 1.29 is 4.79 Å². The van der Waals surface area contributed by atoms with E-state index in [2.05, 4.69) is 34.7 Å². The number of carbonyl (C=O) groups is 1. The molecule has 110 valence electrons. The number of hydrogen-bond acceptors (Lipinski definition) is 4. The Morgan fingerprint density at radius 2 is 2.00 bits per heavy atom. The van der Waals surface area contributed by atoms with Crippen LogP contribution in [0.3, 0.4) is 0 Å². The molecule has 1 aliphatic carbocycles. The Bertz CT molecular complexity index is 424. The lowest BCUT2D eigenvalue weighted by atomic mass is 9.95. The normalized spacial score (nSPS) is 16.1. The fraction of sp³-hybridized carbons (Fsp3) is 0.667. The van der Waals surface area contributed by atoms with Gasteiger partial charge in [-0.3, -0.25) is 4.79 Å². The van der Waals surface area contributed by atoms with E-state index in [0.717, 1.165) is 19.4 Å². The summed E-state index contributed by atoms with van der Waals surface area (Å²) < 4.78 is 0. The second kappa shape index (κ2) is 7.22. The molecular weight excluding hydrogens is 252 g/mol. The first-order chi connectivity index (χ1) is 9.65. The number of carbonyl (C=O) groups excluding carboxylic acids is 1. The number of nitrogens with one attached hydrogen (secondary N) is 2. The molecule has 1 aromatic heterocycles. The molecule has 1 heterocycles. The van der Waals surface area contributed by atoms with Crippen LogP contribution >= 0.6 is 0 Å². The van der Waals surface area contributed by atoms with Gasteiger partial charge in [-0.25, -0.2) is 0 Å². The van der Waals surface area contributed by atoms with Crippen LogP contribution in [0.25, 0.3) is 0 Å². The molecule has 0 aliphatic heterocycles. The quantitative estimate of drug-likeness (QED) is 0.867. The van der Waals surface area contributed by atoms with Crippen molar-refractivity contribution in [2.75, 3.05) is 11.9 Å². The standard InChI is InChI=1S/C15H24N4O/c1-11(2)10-16-14-9-8-13(18-19-14)15(20)17-12-6-4-3-5-7-12/h8-9,11-12H,3-7,10H2,1-2H3,(H,16,19)(H,17,20). The molecule has 5 nitrogen and oxygen atoms in total. The monoisotopic (exact) mass is 276 g/mol. The highest BCUT2D eigenvalue weighted by Gasteiger charge is 2.17. The summed E-state index contributed by atoms with van der Waals surface area (Å²) in [4.78, 5) is 12.1. The van der Waals surface area contributed by atoms with E-state index >= 15 is 0 Å². The molecule has 2 N–H and O–H groups in total. The summed E-state index contributed by atoms with van der Waals surface area (Å²) in [7, 11) is 0. The second-order valence-electron chi connectivity index (χ2n) is 5.89. The predicted octanol–water partition coefficient (Wildman–Crippen LogP) is 2.61. The second-order valence-corrected chi connectivity index (χ2v) is 5.89. The fourth-order valence-electron chi connectivity index (χ4n) is 2.36. The molecule has 0 saturated heterocycles. The fourth-order valence-corrected chi connectivity index (χ4v) is 2.36. The van der Waals surface area contributed by atoms with Gasteiger partial charge in [-0.05, 0) is 30.9 Å². The summed E-state index contributed by atoms with van der Waals surface area (Å²) in [6.07, 6.45) is 5.84. The summed E-state index contributed by atoms with van der Waals surface area (Å²) in [5.41, 5.74) is 0.394. The summed E-state index contributed by atoms with van der Waals surface area (Å²) in [6.45, 7) is 5.11. The maximum Gasteiger partial charge on any atom is 0.272 e. The number of aromatic nitrogens is 2. The number of anilines is 1. The Balaban J connectivity index is 1.86. The molecule has 20 heavy (non-hydrogen) atoms. The smallest absolute Gasteiger partial charge is 0.272 e. The number of hydrogen-bond donors (Lipinski definition) is 2. The summed E-state index contributed by atoms with van der Waals surface area (Å²) in [5.74, 6) is 1.15. The minimum absolute atomic E-state index is 0.111. The van der Waals surface area contributed by atoms with Crippen LogP contribution in [0.4, 0.5) is 5.82 Å². The summed E-state index contributed by atoms with van der Waals surface area (Å²) >= 11 is 0. The van der Waals surface area contributed by atoms with E-state index in [1.165, 1.54) is 19.3 Å². The van der Waals surface area contributed by atoms with Crippen molar-refractivity contribution >= 4 is 11.7 Å². The molecule has 0 unspecified atom stereocenters. The van der Waals surface area contributed by atoms with E-state index in [9.17, 15) is 4.79 Å². The zero-order chi connectivity index (χ0) is 14.4. The zero-order valence-electron chi connectivity index (χ0n) is 12.4. The SMILES string of the molecule is CC(C)CNc1ccc(C(=O)NC2CCCCC2)nn1. The van der Waals surface area contributed by atoms with Gasteiger partial charge < -0.3 is 10.6 Å². The molecule has 0 radical (unpaired) electrons. The van der Waals surface area contributed by atoms with Gasteiger partial charge in [0.15, 0.2) is 5.69 Å². The Kier molecular flexibility index (Phi) is 5.32. The Hall–Kier alpha value is -1.65. The van der Waals surface area contributed by atoms with Crippen molar-refractivity contribution in [2.24, 2.45) is 5.92 Å². The Morgan fingerprint density at radius 1 is 1.25 bits per heavy atom. The number of amides is 1. The number of rotatable bonds is 5. The molecule has 1 saturated carbocycles. The third-order valence-electron chi connectivity index (χ3n) is 3.53. The van der Waals surface area contributed by atoms with Crippen molar-refractivity contribution in [3.05, 3.63) is 17.8 Å². The Labute approximate surface area is 120 Å². The van der Waals surface area contributed by atoms with Crippen LogP contribution < -0.4 is 10.6 Å². The van der Waals surface area contributed by atoms with Crippen LogP contribution in [0.2, 0.25) is 0 Å². The van der Waals surface area contributed by atoms with Crippen molar-refractivity contribution in [1.29, 1.82) is 0 Å². The first-order valence-corrected chi connectivity index (χ1v) is 7.53. The van der Waals surface area contributed by atoms with Gasteiger partial charge in [0.05, 0.1) is 0 Å². The predicted molar refractivity (Wildman–Crippen MR) is 79.7 cm³/mol. The van der Waals surface area contributed by atoms with E-state index in [4.69, 9.17) is 0 Å². The van der Waals surface area contributed by atoms with E-state index in [1.807, 2.05) is 6.07 Å². The molecule has 0 spiro atoms. The van der Waals surface area contributed by atoms with Crippen LogP contribution in [0, 0.1) is 5.92 Å². The molecule has 0 aromatic carbocycles. The van der Waals surface area contributed by atoms with Gasteiger partial charge in [0, 0.05) is 12.6 Å². The van der Waals surface area contributed by atoms with Gasteiger partial charge in [-0.1, -0.05) is 33.1 Å². The van der Waals surface area contributed by atoms with Crippen LogP contribution in [-0.4, -0.2) is 28.7 Å². The molecule has 5 heteroatoms. The van der Waals surface area contributed by atoms with Crippen LogP contribution in [-0.2, 0) is 0 Å². The molecule has 2 rings (SSSR count). The maximum atomic E-state index is 12.1. The summed E-state index contributed by atoms with van der Waals surface area (Å²) in [5, 5.41) is 14.3. The van der Waals surface area contributed by atoms with Gasteiger partial charge in [0.2, 0.25) is 0 Å². The number of nitrogens with zero attached hydrogens (tertiary/aromatic N) is 2. The molecule has 0 bridgehead atoms. The summed E-state index contributed by atoms with van der Waals surface area (Å²) in [6, 6.07) is 3.84. The molecule has 1 fully saturated rings. The van der Waals surface area contributed by atoms with E-state index in [0.29, 0.717) is 23.5 Å². The van der Waals surface area contributed by atoms with E-state index in [1.54, 1.807) is 6.07 Å². The topological polar surface area (TPSA) is 66.9 Å². The van der Waals surface area contributed by atoms with E-state index < -0.39 is 0 Å². The van der Waals surface area contributed by atoms with Crippen LogP contribution in [0.5, 0.6) is 0 Å². The molecule has 1 aliphatic rings. The largest absolute Gasteiger partial charge is 0.368 e. The Morgan fingerprint density at radius 3 is 2.60 bits per heavy atom. The third kappa shape index (κ3) is 4.47. The highest BCUT2D eigenvalue weighted by molar-refractivity contribution is 5.92. The van der Waals surface area contributed by atoms with Crippen molar-refractivity contribution in [3.8, 4) is 0 Å². The highest BCUT2D eigenvalue weighted by atomic mass is 16.2. The lowest BCUT2D eigenvalue weighted by molar-refractivity contribution is 0.0921. The van der Waals surface area contributed by atoms with E-state index in [-0.39, 0.29) is 5.91 Å². The van der Waals surface area contributed by atoms with Crippen LogP contribution in [0.15, 0.2) is 12.1 Å². The minimum atomic E-state index is -0.111. The van der Waals surface area contributed by atoms with Gasteiger partial charge in [-0.2, -0.15) is 0 Å². The lowest BCUT2D eigenvalue weighted by Gasteiger charge is -2.22. The highest BCUT2D eigenvalue weighted by Crippen LogP contribution is 2.17. The van der Waals surface area contributed by atoms with Crippen LogP contribution in [0.1, 0.15) is 56.4 Å². The molecule has 1 aromatic rings. The average Bonchev–Trinajstić information content (AvgIpc) is 2.46. The molecular formula is C15H24N4O.